The summed E-state index contributed by atoms with van der Waals surface area (Å²) in [7, 11) is 0. The molecule has 4 aromatic rings. The molecule has 0 unspecified atom stereocenters. The van der Waals surface area contributed by atoms with Crippen molar-refractivity contribution >= 4 is 16.9 Å². The van der Waals surface area contributed by atoms with Gasteiger partial charge in [-0.1, -0.05) is 12.1 Å². The first-order chi connectivity index (χ1) is 14.9. The number of carbonyl (C=O) groups is 1. The first-order valence-electron chi connectivity index (χ1n) is 9.74. The van der Waals surface area contributed by atoms with Crippen molar-refractivity contribution in [1.29, 1.82) is 0 Å². The normalized spacial score (nSPS) is 14.3. The van der Waals surface area contributed by atoms with E-state index in [1.54, 1.807) is 19.1 Å². The molecular formula is C20H18F2N8O. The van der Waals surface area contributed by atoms with Gasteiger partial charge in [-0.3, -0.25) is 4.79 Å². The number of hydrogen-bond donors (Lipinski definition) is 2. The Kier molecular flexibility index (Phi) is 4.27. The molecule has 9 nitrogen and oxygen atoms in total. The smallest absolute Gasteiger partial charge is 0.351 e. The van der Waals surface area contributed by atoms with Gasteiger partial charge in [-0.05, 0) is 60.2 Å². The third-order valence-corrected chi connectivity index (χ3v) is 5.53. The van der Waals surface area contributed by atoms with E-state index in [2.05, 4.69) is 30.7 Å². The molecule has 1 aromatic carbocycles. The van der Waals surface area contributed by atoms with Crippen LogP contribution in [0, 0.1) is 6.92 Å². The number of alkyl halides is 2. The molecule has 158 valence electrons. The van der Waals surface area contributed by atoms with E-state index in [1.807, 2.05) is 12.1 Å². The number of nitrogens with one attached hydrogen (secondary N) is 1. The van der Waals surface area contributed by atoms with Crippen LogP contribution < -0.4 is 5.73 Å². The third kappa shape index (κ3) is 3.22. The number of hydrogen-bond acceptors (Lipinski definition) is 6. The summed E-state index contributed by atoms with van der Waals surface area (Å²) in [6.45, 7) is 1.97. The van der Waals surface area contributed by atoms with Gasteiger partial charge in [-0.15, -0.1) is 10.2 Å². The van der Waals surface area contributed by atoms with Gasteiger partial charge in [-0.25, -0.2) is 9.67 Å². The topological polar surface area (TPSA) is 128 Å². The number of amides is 1. The Hall–Kier alpha value is -3.76. The fourth-order valence-electron chi connectivity index (χ4n) is 3.84. The summed E-state index contributed by atoms with van der Waals surface area (Å²) >= 11 is 0. The fraction of sp³-hybridized carbons (Fsp3) is 0.300. The molecule has 1 aliphatic rings. The Morgan fingerprint density at radius 3 is 2.77 bits per heavy atom. The number of aromatic nitrogens is 7. The van der Waals surface area contributed by atoms with Crippen molar-refractivity contribution in [3.05, 3.63) is 64.2 Å². The lowest BCUT2D eigenvalue weighted by molar-refractivity contribution is 0.0284. The highest BCUT2D eigenvalue weighted by atomic mass is 19.3. The minimum atomic E-state index is -3.53. The second kappa shape index (κ2) is 6.89. The summed E-state index contributed by atoms with van der Waals surface area (Å²) in [6.07, 6.45) is 2.07. The monoisotopic (exact) mass is 424 g/mol. The number of aryl methyl sites for hydroxylation is 1. The number of benzene rings is 1. The zero-order valence-electron chi connectivity index (χ0n) is 16.5. The van der Waals surface area contributed by atoms with Gasteiger partial charge >= 0.3 is 5.92 Å². The van der Waals surface area contributed by atoms with Crippen molar-refractivity contribution in [3.8, 4) is 0 Å². The minimum absolute atomic E-state index is 0.194. The Balaban J connectivity index is 1.63. The van der Waals surface area contributed by atoms with Crippen molar-refractivity contribution in [1.82, 2.24) is 35.4 Å². The second-order valence-electron chi connectivity index (χ2n) is 7.63. The SMILES string of the molecule is Cc1nn(Cc2c(C(N)=O)cccc2C2CC2)c2nc(C(F)(F)c3nn[nH]n3)ccc12. The van der Waals surface area contributed by atoms with Gasteiger partial charge in [0, 0.05) is 10.9 Å². The molecule has 1 amide bonds. The lowest BCUT2D eigenvalue weighted by Gasteiger charge is -2.14. The Morgan fingerprint density at radius 1 is 1.29 bits per heavy atom. The van der Waals surface area contributed by atoms with Crippen LogP contribution in [0.15, 0.2) is 30.3 Å². The Labute approximate surface area is 174 Å². The maximum atomic E-state index is 14.8. The lowest BCUT2D eigenvalue weighted by Crippen LogP contribution is -2.20. The van der Waals surface area contributed by atoms with Crippen LogP contribution in [-0.4, -0.2) is 41.3 Å². The number of pyridine rings is 1. The number of nitrogens with zero attached hydrogens (tertiary/aromatic N) is 6. The van der Waals surface area contributed by atoms with E-state index in [0.29, 0.717) is 22.6 Å². The molecule has 5 rings (SSSR count). The lowest BCUT2D eigenvalue weighted by atomic mass is 9.97. The molecule has 1 fully saturated rings. The Morgan fingerprint density at radius 2 is 2.10 bits per heavy atom. The van der Waals surface area contributed by atoms with Crippen LogP contribution in [0.4, 0.5) is 8.78 Å². The summed E-state index contributed by atoms with van der Waals surface area (Å²) in [5.41, 5.74) is 8.19. The molecule has 0 spiro atoms. The van der Waals surface area contributed by atoms with Gasteiger partial charge in [0.05, 0.1) is 12.2 Å². The zero-order chi connectivity index (χ0) is 21.8. The van der Waals surface area contributed by atoms with Crippen LogP contribution >= 0.6 is 0 Å². The van der Waals surface area contributed by atoms with E-state index in [9.17, 15) is 13.6 Å². The van der Waals surface area contributed by atoms with Crippen molar-refractivity contribution in [3.63, 3.8) is 0 Å². The summed E-state index contributed by atoms with van der Waals surface area (Å²) in [5.74, 6) is -4.47. The molecule has 3 N–H and O–H groups in total. The molecule has 11 heteroatoms. The number of fused-ring (bicyclic) bond motifs is 1. The van der Waals surface area contributed by atoms with Gasteiger partial charge in [0.15, 0.2) is 5.65 Å². The molecule has 31 heavy (non-hydrogen) atoms. The van der Waals surface area contributed by atoms with Crippen LogP contribution in [0.1, 0.15) is 57.5 Å². The summed E-state index contributed by atoms with van der Waals surface area (Å²) in [6, 6.07) is 8.23. The van der Waals surface area contributed by atoms with Crippen molar-refractivity contribution in [2.45, 2.75) is 38.2 Å². The number of halogens is 2. The average molecular weight is 424 g/mol. The van der Waals surface area contributed by atoms with Crippen LogP contribution in [0.3, 0.4) is 0 Å². The Bertz CT molecular complexity index is 1290. The maximum absolute atomic E-state index is 14.8. The third-order valence-electron chi connectivity index (χ3n) is 5.53. The molecule has 1 aliphatic carbocycles. The van der Waals surface area contributed by atoms with Gasteiger partial charge in [0.2, 0.25) is 11.7 Å². The highest BCUT2D eigenvalue weighted by Gasteiger charge is 2.41. The first-order valence-corrected chi connectivity index (χ1v) is 9.74. The first kappa shape index (κ1) is 19.2. The van der Waals surface area contributed by atoms with E-state index in [4.69, 9.17) is 5.73 Å². The number of tetrazole rings is 1. The quantitative estimate of drug-likeness (QED) is 0.489. The van der Waals surface area contributed by atoms with E-state index in [1.165, 1.54) is 10.7 Å². The van der Waals surface area contributed by atoms with Crippen molar-refractivity contribution in [2.75, 3.05) is 0 Å². The number of primary amides is 1. The predicted molar refractivity (Wildman–Crippen MR) is 105 cm³/mol. The summed E-state index contributed by atoms with van der Waals surface area (Å²) < 4.78 is 31.2. The van der Waals surface area contributed by atoms with Crippen LogP contribution in [0.2, 0.25) is 0 Å². The van der Waals surface area contributed by atoms with E-state index >= 15 is 0 Å². The number of rotatable bonds is 6. The van der Waals surface area contributed by atoms with E-state index in [-0.39, 0.29) is 12.2 Å². The number of H-pyrrole nitrogens is 1. The molecule has 0 aliphatic heterocycles. The summed E-state index contributed by atoms with van der Waals surface area (Å²) in [4.78, 5) is 16.2. The molecular weight excluding hydrogens is 406 g/mol. The standard InChI is InChI=1S/C20H18F2N8O/c1-10-12-7-8-16(20(21,22)19-25-28-29-26-19)24-18(12)30(27-10)9-15-13(11-5-6-11)3-2-4-14(15)17(23)31/h2-4,7-8,11H,5-6,9H2,1H3,(H2,23,31)(H,25,26,28,29). The molecule has 3 aromatic heterocycles. The largest absolute Gasteiger partial charge is 0.366 e. The number of aromatic amines is 1. The molecule has 1 saturated carbocycles. The molecule has 3 heterocycles. The van der Waals surface area contributed by atoms with Crippen LogP contribution in [-0.2, 0) is 12.5 Å². The minimum Gasteiger partial charge on any atom is -0.366 e. The maximum Gasteiger partial charge on any atom is 0.351 e. The highest BCUT2D eigenvalue weighted by Crippen LogP contribution is 2.42. The fourth-order valence-corrected chi connectivity index (χ4v) is 3.84. The number of nitrogens with two attached hydrogens (primary N) is 1. The van der Waals surface area contributed by atoms with Gasteiger partial charge in [-0.2, -0.15) is 19.1 Å². The molecule has 0 radical (unpaired) electrons. The highest BCUT2D eigenvalue weighted by molar-refractivity contribution is 5.94. The van der Waals surface area contributed by atoms with E-state index < -0.39 is 23.3 Å². The van der Waals surface area contributed by atoms with Gasteiger partial charge < -0.3 is 5.73 Å². The second-order valence-corrected chi connectivity index (χ2v) is 7.63. The average Bonchev–Trinajstić information content (AvgIpc) is 3.33. The van der Waals surface area contributed by atoms with Crippen LogP contribution in [0.5, 0.6) is 0 Å². The van der Waals surface area contributed by atoms with Crippen LogP contribution in [0.25, 0.3) is 11.0 Å². The molecule has 0 saturated heterocycles. The van der Waals surface area contributed by atoms with E-state index in [0.717, 1.165) is 24.0 Å². The molecule has 0 bridgehead atoms. The van der Waals surface area contributed by atoms with Gasteiger partial charge in [0.25, 0.3) is 0 Å². The molecule has 0 atom stereocenters. The van der Waals surface area contributed by atoms with Gasteiger partial charge in [0.1, 0.15) is 5.69 Å². The van der Waals surface area contributed by atoms with Crippen molar-refractivity contribution < 1.29 is 13.6 Å². The van der Waals surface area contributed by atoms with Crippen molar-refractivity contribution in [2.24, 2.45) is 5.73 Å². The zero-order valence-corrected chi connectivity index (χ0v) is 16.5. The number of carbonyl (C=O) groups excluding carboxylic acids is 1. The summed E-state index contributed by atoms with van der Waals surface area (Å²) in [5, 5.41) is 17.2. The predicted octanol–water partition coefficient (Wildman–Crippen LogP) is 2.42.